The number of ether oxygens (including phenoxy) is 1. The highest BCUT2D eigenvalue weighted by Crippen LogP contribution is 2.28. The molecule has 2 rings (SSSR count). The van der Waals surface area contributed by atoms with Crippen molar-refractivity contribution in [2.24, 2.45) is 0 Å². The first-order valence-corrected chi connectivity index (χ1v) is 7.36. The Morgan fingerprint density at radius 1 is 1.32 bits per heavy atom. The molecule has 0 aliphatic carbocycles. The minimum atomic E-state index is -0.319. The lowest BCUT2D eigenvalue weighted by Crippen LogP contribution is -2.14. The van der Waals surface area contributed by atoms with E-state index in [1.54, 1.807) is 30.5 Å². The number of amides is 1. The molecule has 1 amide bonds. The largest absolute Gasteiger partial charge is 0.495 e. The van der Waals surface area contributed by atoms with Gasteiger partial charge in [-0.25, -0.2) is 0 Å². The van der Waals surface area contributed by atoms with E-state index < -0.39 is 0 Å². The predicted molar refractivity (Wildman–Crippen MR) is 89.0 cm³/mol. The number of pyridine rings is 1. The van der Waals surface area contributed by atoms with Gasteiger partial charge in [0.15, 0.2) is 0 Å². The Bertz CT molecular complexity index is 662. The Morgan fingerprint density at radius 3 is 2.86 bits per heavy atom. The summed E-state index contributed by atoms with van der Waals surface area (Å²) in [6.07, 6.45) is 2.60. The number of anilines is 2. The summed E-state index contributed by atoms with van der Waals surface area (Å²) < 4.78 is 5.21. The second-order valence-electron chi connectivity index (χ2n) is 4.66. The van der Waals surface area contributed by atoms with Gasteiger partial charge in [0.1, 0.15) is 11.4 Å². The van der Waals surface area contributed by atoms with Crippen molar-refractivity contribution in [1.29, 1.82) is 0 Å². The summed E-state index contributed by atoms with van der Waals surface area (Å²) in [4.78, 5) is 16.4. The first kappa shape index (κ1) is 16.1. The van der Waals surface area contributed by atoms with E-state index in [1.807, 2.05) is 6.07 Å². The molecule has 116 valence electrons. The van der Waals surface area contributed by atoms with Crippen LogP contribution in [0.25, 0.3) is 0 Å². The Kier molecular flexibility index (Phi) is 5.61. The number of halogens is 1. The zero-order valence-corrected chi connectivity index (χ0v) is 13.3. The second-order valence-corrected chi connectivity index (χ2v) is 5.09. The molecule has 0 spiro atoms. The number of aromatic nitrogens is 1. The summed E-state index contributed by atoms with van der Waals surface area (Å²) in [7, 11) is 1.53. The highest BCUT2D eigenvalue weighted by Gasteiger charge is 2.12. The minimum absolute atomic E-state index is 0.319. The van der Waals surface area contributed by atoms with Crippen LogP contribution in [-0.4, -0.2) is 24.5 Å². The molecule has 1 heterocycles. The maximum Gasteiger partial charge on any atom is 0.274 e. The molecule has 0 radical (unpaired) electrons. The van der Waals surface area contributed by atoms with Gasteiger partial charge in [-0.2, -0.15) is 0 Å². The zero-order valence-electron chi connectivity index (χ0n) is 12.5. The lowest BCUT2D eigenvalue weighted by Gasteiger charge is -2.11. The van der Waals surface area contributed by atoms with E-state index in [2.05, 4.69) is 22.5 Å². The molecular formula is C16H18ClN3O2. The quantitative estimate of drug-likeness (QED) is 0.849. The lowest BCUT2D eigenvalue weighted by molar-refractivity contribution is 0.102. The smallest absolute Gasteiger partial charge is 0.274 e. The van der Waals surface area contributed by atoms with E-state index in [4.69, 9.17) is 16.3 Å². The highest BCUT2D eigenvalue weighted by molar-refractivity contribution is 6.31. The topological polar surface area (TPSA) is 63.2 Å². The van der Waals surface area contributed by atoms with Gasteiger partial charge in [0.05, 0.1) is 12.8 Å². The number of methoxy groups -OCH3 is 1. The Balaban J connectivity index is 2.17. The van der Waals surface area contributed by atoms with Crippen LogP contribution < -0.4 is 15.4 Å². The molecular weight excluding hydrogens is 302 g/mol. The van der Waals surface area contributed by atoms with Crippen molar-refractivity contribution in [2.75, 3.05) is 24.3 Å². The van der Waals surface area contributed by atoms with Gasteiger partial charge in [0.25, 0.3) is 5.91 Å². The van der Waals surface area contributed by atoms with Gasteiger partial charge >= 0.3 is 0 Å². The third-order valence-electron chi connectivity index (χ3n) is 2.98. The van der Waals surface area contributed by atoms with Crippen molar-refractivity contribution in [3.05, 3.63) is 47.2 Å². The average Bonchev–Trinajstić information content (AvgIpc) is 2.53. The van der Waals surface area contributed by atoms with E-state index in [-0.39, 0.29) is 5.91 Å². The molecule has 0 bridgehead atoms. The fourth-order valence-electron chi connectivity index (χ4n) is 1.90. The molecule has 0 aliphatic heterocycles. The molecule has 2 aromatic rings. The Labute approximate surface area is 134 Å². The average molecular weight is 320 g/mol. The van der Waals surface area contributed by atoms with Gasteiger partial charge < -0.3 is 15.4 Å². The third-order valence-corrected chi connectivity index (χ3v) is 3.22. The molecule has 1 aromatic carbocycles. The lowest BCUT2D eigenvalue weighted by atomic mass is 10.2. The summed E-state index contributed by atoms with van der Waals surface area (Å²) in [5.74, 6) is 0.221. The predicted octanol–water partition coefficient (Wildman–Crippen LogP) is 3.82. The molecule has 2 N–H and O–H groups in total. The molecule has 1 aromatic heterocycles. The Morgan fingerprint density at radius 2 is 2.14 bits per heavy atom. The van der Waals surface area contributed by atoms with E-state index in [0.29, 0.717) is 22.2 Å². The molecule has 6 heteroatoms. The highest BCUT2D eigenvalue weighted by atomic mass is 35.5. The molecule has 0 fully saturated rings. The normalized spacial score (nSPS) is 10.1. The molecule has 0 atom stereocenters. The molecule has 22 heavy (non-hydrogen) atoms. The summed E-state index contributed by atoms with van der Waals surface area (Å²) in [5.41, 5.74) is 1.69. The van der Waals surface area contributed by atoms with E-state index >= 15 is 0 Å². The fourth-order valence-corrected chi connectivity index (χ4v) is 2.07. The number of nitrogens with zero attached hydrogens (tertiary/aromatic N) is 1. The summed E-state index contributed by atoms with van der Waals surface area (Å²) in [6, 6.07) is 8.57. The van der Waals surface area contributed by atoms with Gasteiger partial charge in [-0.1, -0.05) is 18.5 Å². The van der Waals surface area contributed by atoms with Crippen LogP contribution in [0.2, 0.25) is 5.02 Å². The molecule has 0 saturated carbocycles. The summed E-state index contributed by atoms with van der Waals surface area (Å²) in [5, 5.41) is 6.50. The second kappa shape index (κ2) is 7.66. The Hall–Kier alpha value is -2.27. The number of carbonyl (C=O) groups excluding carboxylic acids is 1. The van der Waals surface area contributed by atoms with Crippen molar-refractivity contribution in [1.82, 2.24) is 4.98 Å². The van der Waals surface area contributed by atoms with Crippen molar-refractivity contribution in [3.63, 3.8) is 0 Å². The van der Waals surface area contributed by atoms with Gasteiger partial charge in [-0.05, 0) is 36.8 Å². The monoisotopic (exact) mass is 319 g/mol. The van der Waals surface area contributed by atoms with Gasteiger partial charge in [-0.15, -0.1) is 0 Å². The zero-order chi connectivity index (χ0) is 15.9. The van der Waals surface area contributed by atoms with Gasteiger partial charge in [0, 0.05) is 23.5 Å². The van der Waals surface area contributed by atoms with Gasteiger partial charge in [0.2, 0.25) is 0 Å². The summed E-state index contributed by atoms with van der Waals surface area (Å²) >= 11 is 5.95. The number of carbonyl (C=O) groups is 1. The van der Waals surface area contributed by atoms with E-state index in [9.17, 15) is 4.79 Å². The molecule has 0 saturated heterocycles. The minimum Gasteiger partial charge on any atom is -0.495 e. The third kappa shape index (κ3) is 4.11. The number of rotatable bonds is 6. The number of hydrogen-bond donors (Lipinski definition) is 2. The summed E-state index contributed by atoms with van der Waals surface area (Å²) in [6.45, 7) is 2.92. The van der Waals surface area contributed by atoms with Crippen LogP contribution in [0.3, 0.4) is 0 Å². The van der Waals surface area contributed by atoms with Crippen LogP contribution >= 0.6 is 11.6 Å². The van der Waals surface area contributed by atoms with Crippen LogP contribution in [-0.2, 0) is 0 Å². The maximum absolute atomic E-state index is 12.3. The van der Waals surface area contributed by atoms with Crippen LogP contribution in [0.4, 0.5) is 11.4 Å². The van der Waals surface area contributed by atoms with Crippen LogP contribution in [0.1, 0.15) is 23.8 Å². The fraction of sp³-hybridized carbons (Fsp3) is 0.250. The SMILES string of the molecule is CCCNc1ccnc(C(=O)Nc2cc(Cl)ccc2OC)c1. The van der Waals surface area contributed by atoms with Crippen LogP contribution in [0.5, 0.6) is 5.75 Å². The number of benzene rings is 1. The van der Waals surface area contributed by atoms with Crippen molar-refractivity contribution < 1.29 is 9.53 Å². The number of nitrogens with one attached hydrogen (secondary N) is 2. The van der Waals surface area contributed by atoms with Crippen LogP contribution in [0, 0.1) is 0 Å². The van der Waals surface area contributed by atoms with Crippen LogP contribution in [0.15, 0.2) is 36.5 Å². The molecule has 0 unspecified atom stereocenters. The molecule has 0 aliphatic rings. The maximum atomic E-state index is 12.3. The van der Waals surface area contributed by atoms with Gasteiger partial charge in [-0.3, -0.25) is 9.78 Å². The first-order chi connectivity index (χ1) is 10.6. The van der Waals surface area contributed by atoms with E-state index in [1.165, 1.54) is 7.11 Å². The number of hydrogen-bond acceptors (Lipinski definition) is 4. The van der Waals surface area contributed by atoms with E-state index in [0.717, 1.165) is 18.7 Å². The van der Waals surface area contributed by atoms with Crippen molar-refractivity contribution >= 4 is 28.9 Å². The molecule has 5 nitrogen and oxygen atoms in total. The van der Waals surface area contributed by atoms with Crippen molar-refractivity contribution in [3.8, 4) is 5.75 Å². The van der Waals surface area contributed by atoms with Crippen molar-refractivity contribution in [2.45, 2.75) is 13.3 Å². The standard InChI is InChI=1S/C16H18ClN3O2/c1-3-7-18-12-6-8-19-14(10-12)16(21)20-13-9-11(17)4-5-15(13)22-2/h4-6,8-10H,3,7H2,1-2H3,(H,18,19)(H,20,21). The first-order valence-electron chi connectivity index (χ1n) is 6.99.